The molecule has 0 N–H and O–H groups in total. The first kappa shape index (κ1) is 18.0. The average molecular weight is 429 g/mol. The lowest BCUT2D eigenvalue weighted by Crippen LogP contribution is -2.74. The zero-order valence-corrected chi connectivity index (χ0v) is 17.6. The number of halogens is 1. The van der Waals surface area contributed by atoms with Crippen LogP contribution in [0.25, 0.3) is 0 Å². The highest BCUT2D eigenvalue weighted by Crippen LogP contribution is 2.11. The zero-order valence-electron chi connectivity index (χ0n) is 15.1. The van der Waals surface area contributed by atoms with E-state index in [9.17, 15) is 0 Å². The molecule has 0 bridgehead atoms. The van der Waals surface area contributed by atoms with E-state index in [0.29, 0.717) is 0 Å². The molecule has 0 aliphatic carbocycles. The third-order valence-corrected chi connectivity index (χ3v) is 10.6. The van der Waals surface area contributed by atoms with Gasteiger partial charge in [0.15, 0.2) is 8.07 Å². The molecule has 0 saturated heterocycles. The fourth-order valence-electron chi connectivity index (χ4n) is 3.91. The molecule has 132 valence electrons. The van der Waals surface area contributed by atoms with Gasteiger partial charge in [0.05, 0.1) is 0 Å². The SMILES string of the molecule is BrCc1ccc([Si](c2ccccc2)(c2ccccc2)c2ccccc2)cc1. The van der Waals surface area contributed by atoms with Crippen molar-refractivity contribution in [2.24, 2.45) is 0 Å². The normalized spacial score (nSPS) is 11.3. The van der Waals surface area contributed by atoms with E-state index in [4.69, 9.17) is 0 Å². The molecule has 0 atom stereocenters. The first-order valence-corrected chi connectivity index (χ1v) is 12.3. The second-order valence-corrected chi connectivity index (χ2v) is 11.0. The van der Waals surface area contributed by atoms with E-state index in [1.807, 2.05) is 0 Å². The van der Waals surface area contributed by atoms with Crippen molar-refractivity contribution in [3.8, 4) is 0 Å². The Morgan fingerprint density at radius 1 is 0.444 bits per heavy atom. The Labute approximate surface area is 170 Å². The van der Waals surface area contributed by atoms with E-state index in [0.717, 1.165) is 5.33 Å². The maximum atomic E-state index is 3.58. The standard InChI is InChI=1S/C25H21BrSi/c26-20-21-16-18-25(19-17-21)27(22-10-4-1-5-11-22,23-12-6-2-7-13-23)24-14-8-3-9-15-24/h1-19H,20H2. The Kier molecular flexibility index (Phi) is 5.37. The van der Waals surface area contributed by atoms with Crippen LogP contribution in [0, 0.1) is 0 Å². The molecule has 0 amide bonds. The minimum atomic E-state index is -2.35. The van der Waals surface area contributed by atoms with Crippen LogP contribution >= 0.6 is 15.9 Å². The quantitative estimate of drug-likeness (QED) is 0.256. The molecule has 0 aliphatic rings. The topological polar surface area (TPSA) is 0 Å². The van der Waals surface area contributed by atoms with Gasteiger partial charge >= 0.3 is 0 Å². The monoisotopic (exact) mass is 428 g/mol. The minimum absolute atomic E-state index is 0.879. The van der Waals surface area contributed by atoms with Gasteiger partial charge in [0.25, 0.3) is 0 Å². The molecule has 0 unspecified atom stereocenters. The highest BCUT2D eigenvalue weighted by Gasteiger charge is 2.40. The molecule has 27 heavy (non-hydrogen) atoms. The van der Waals surface area contributed by atoms with Gasteiger partial charge in [-0.25, -0.2) is 0 Å². The van der Waals surface area contributed by atoms with E-state index in [1.165, 1.54) is 26.3 Å². The van der Waals surface area contributed by atoms with Gasteiger partial charge in [-0.05, 0) is 26.3 Å². The second kappa shape index (κ2) is 8.08. The molecule has 0 nitrogen and oxygen atoms in total. The van der Waals surface area contributed by atoms with Gasteiger partial charge in [0, 0.05) is 5.33 Å². The maximum Gasteiger partial charge on any atom is 0.179 e. The van der Waals surface area contributed by atoms with Crippen molar-refractivity contribution in [3.05, 3.63) is 121 Å². The summed E-state index contributed by atoms with van der Waals surface area (Å²) in [5.74, 6) is 0. The highest BCUT2D eigenvalue weighted by molar-refractivity contribution is 9.08. The first-order chi connectivity index (χ1) is 13.4. The van der Waals surface area contributed by atoms with E-state index in [-0.39, 0.29) is 0 Å². The van der Waals surface area contributed by atoms with E-state index < -0.39 is 8.07 Å². The van der Waals surface area contributed by atoms with Crippen LogP contribution in [-0.4, -0.2) is 8.07 Å². The summed E-state index contributed by atoms with van der Waals surface area (Å²) < 4.78 is 0. The lowest BCUT2D eigenvalue weighted by molar-refractivity contribution is 1.45. The van der Waals surface area contributed by atoms with Crippen molar-refractivity contribution in [3.63, 3.8) is 0 Å². The first-order valence-electron chi connectivity index (χ1n) is 9.17. The minimum Gasteiger partial charge on any atom is -0.0876 e. The number of benzene rings is 4. The van der Waals surface area contributed by atoms with Crippen LogP contribution in [0.2, 0.25) is 0 Å². The summed E-state index contributed by atoms with van der Waals surface area (Å²) in [6.07, 6.45) is 0. The molecule has 2 heteroatoms. The zero-order chi connectivity index (χ0) is 18.5. The van der Waals surface area contributed by atoms with Crippen LogP contribution in [0.4, 0.5) is 0 Å². The molecule has 0 radical (unpaired) electrons. The van der Waals surface area contributed by atoms with Crippen LogP contribution in [0.15, 0.2) is 115 Å². The van der Waals surface area contributed by atoms with Crippen molar-refractivity contribution in [1.29, 1.82) is 0 Å². The van der Waals surface area contributed by atoms with Gasteiger partial charge in [-0.2, -0.15) is 0 Å². The van der Waals surface area contributed by atoms with Gasteiger partial charge in [-0.15, -0.1) is 0 Å². The molecule has 4 rings (SSSR count). The maximum absolute atomic E-state index is 3.58. The summed E-state index contributed by atoms with van der Waals surface area (Å²) >= 11 is 3.58. The van der Waals surface area contributed by atoms with Crippen molar-refractivity contribution in [1.82, 2.24) is 0 Å². The lowest BCUT2D eigenvalue weighted by atomic mass is 10.2. The third kappa shape index (κ3) is 3.31. The summed E-state index contributed by atoms with van der Waals surface area (Å²) in [7, 11) is -2.35. The summed E-state index contributed by atoms with van der Waals surface area (Å²) in [5.41, 5.74) is 1.30. The third-order valence-electron chi connectivity index (χ3n) is 5.16. The molecule has 0 saturated carbocycles. The largest absolute Gasteiger partial charge is 0.179 e. The van der Waals surface area contributed by atoms with Crippen molar-refractivity contribution in [2.45, 2.75) is 5.33 Å². The number of hydrogen-bond donors (Lipinski definition) is 0. The molecule has 4 aromatic carbocycles. The number of alkyl halides is 1. The van der Waals surface area contributed by atoms with E-state index in [1.54, 1.807) is 0 Å². The Morgan fingerprint density at radius 3 is 1.11 bits per heavy atom. The Hall–Kier alpha value is -2.42. The molecular weight excluding hydrogens is 408 g/mol. The molecule has 0 aliphatic heterocycles. The van der Waals surface area contributed by atoms with Crippen LogP contribution in [-0.2, 0) is 5.33 Å². The Bertz CT molecular complexity index is 884. The predicted octanol–water partition coefficient (Wildman–Crippen LogP) is 3.96. The Morgan fingerprint density at radius 2 is 0.778 bits per heavy atom. The van der Waals surface area contributed by atoms with Gasteiger partial charge in [0.2, 0.25) is 0 Å². The summed E-state index contributed by atoms with van der Waals surface area (Å²) in [6.45, 7) is 0. The Balaban J connectivity index is 2.09. The molecule has 0 aromatic heterocycles. The smallest absolute Gasteiger partial charge is 0.0876 e. The van der Waals surface area contributed by atoms with Crippen molar-refractivity contribution in [2.75, 3.05) is 0 Å². The molecule has 4 aromatic rings. The van der Waals surface area contributed by atoms with Crippen molar-refractivity contribution >= 4 is 44.8 Å². The van der Waals surface area contributed by atoms with E-state index >= 15 is 0 Å². The van der Waals surface area contributed by atoms with Gasteiger partial charge in [-0.3, -0.25) is 0 Å². The fraction of sp³-hybridized carbons (Fsp3) is 0.0400. The lowest BCUT2D eigenvalue weighted by Gasteiger charge is -2.34. The summed E-state index contributed by atoms with van der Waals surface area (Å²) in [6, 6.07) is 42.2. The fourth-order valence-corrected chi connectivity index (χ4v) is 9.03. The van der Waals surface area contributed by atoms with Crippen LogP contribution < -0.4 is 20.7 Å². The van der Waals surface area contributed by atoms with Crippen molar-refractivity contribution < 1.29 is 0 Å². The molecule has 0 fully saturated rings. The molecule has 0 spiro atoms. The van der Waals surface area contributed by atoms with Crippen LogP contribution in [0.5, 0.6) is 0 Å². The average Bonchev–Trinajstić information content (AvgIpc) is 2.77. The number of rotatable bonds is 5. The summed E-state index contributed by atoms with van der Waals surface area (Å²) in [4.78, 5) is 0. The summed E-state index contributed by atoms with van der Waals surface area (Å²) in [5, 5.41) is 6.52. The van der Waals surface area contributed by atoms with E-state index in [2.05, 4.69) is 131 Å². The predicted molar refractivity (Wildman–Crippen MR) is 123 cm³/mol. The number of hydrogen-bond acceptors (Lipinski definition) is 0. The molecule has 0 heterocycles. The van der Waals surface area contributed by atoms with Gasteiger partial charge in [0.1, 0.15) is 0 Å². The van der Waals surface area contributed by atoms with Gasteiger partial charge < -0.3 is 0 Å². The molecular formula is C25H21BrSi. The second-order valence-electron chi connectivity index (χ2n) is 6.68. The van der Waals surface area contributed by atoms with Gasteiger partial charge in [-0.1, -0.05) is 131 Å². The highest BCUT2D eigenvalue weighted by atomic mass is 79.9. The van der Waals surface area contributed by atoms with Crippen LogP contribution in [0.3, 0.4) is 0 Å². The van der Waals surface area contributed by atoms with Crippen LogP contribution in [0.1, 0.15) is 5.56 Å².